The lowest BCUT2D eigenvalue weighted by Gasteiger charge is -2.18. The molecule has 0 heterocycles. The van der Waals surface area contributed by atoms with Crippen molar-refractivity contribution in [2.75, 3.05) is 26.2 Å². The van der Waals surface area contributed by atoms with Crippen LogP contribution in [0, 0.1) is 0 Å². The zero-order valence-corrected chi connectivity index (χ0v) is 20.5. The van der Waals surface area contributed by atoms with Crippen LogP contribution in [-0.2, 0) is 20.0 Å². The Morgan fingerprint density at radius 2 is 1.00 bits per heavy atom. The highest BCUT2D eigenvalue weighted by atomic mass is 32.2. The molecule has 0 aliphatic rings. The van der Waals surface area contributed by atoms with E-state index >= 15 is 0 Å². The third-order valence-corrected chi connectivity index (χ3v) is 8.97. The maximum Gasteiger partial charge on any atom is 0.243 e. The lowest BCUT2D eigenvalue weighted by molar-refractivity contribution is 0.444. The topological polar surface area (TPSA) is 99.5 Å². The van der Waals surface area contributed by atoms with E-state index in [1.807, 2.05) is 0 Å². The molecule has 174 valence electrons. The third-order valence-electron chi connectivity index (χ3n) is 4.88. The predicted octanol–water partition coefficient (Wildman–Crippen LogP) is 3.20. The number of benzene rings is 2. The molecule has 2 aromatic rings. The molecular weight excluding hydrogens is 448 g/mol. The number of hydrogen-bond acceptors (Lipinski definition) is 6. The summed E-state index contributed by atoms with van der Waals surface area (Å²) in [6.07, 6.45) is 2.91. The molecule has 2 aromatic carbocycles. The smallest absolute Gasteiger partial charge is 0.207 e. The zero-order chi connectivity index (χ0) is 23.8. The molecule has 0 aromatic heterocycles. The molecule has 32 heavy (non-hydrogen) atoms. The van der Waals surface area contributed by atoms with Gasteiger partial charge in [0, 0.05) is 26.2 Å². The van der Waals surface area contributed by atoms with Crippen LogP contribution in [0.25, 0.3) is 0 Å². The van der Waals surface area contributed by atoms with Gasteiger partial charge in [-0.15, -0.1) is 0 Å². The molecule has 2 rings (SSSR count). The van der Waals surface area contributed by atoms with Crippen LogP contribution in [-0.4, -0.2) is 64.1 Å². The van der Waals surface area contributed by atoms with E-state index in [1.54, 1.807) is 76.2 Å². The molecule has 0 fully saturated rings. The monoisotopic (exact) mass is 478 g/mol. The van der Waals surface area contributed by atoms with Crippen molar-refractivity contribution >= 4 is 32.5 Å². The van der Waals surface area contributed by atoms with Gasteiger partial charge in [0.15, 0.2) is 0 Å². The SMILES string of the molecule is CCN(CC)S(=O)(=O)c1cccc(/C=N\N=C/c2cccc(S(=O)(=O)N(CC)CC)c2)c1. The van der Waals surface area contributed by atoms with Crippen LogP contribution in [0.4, 0.5) is 0 Å². The van der Waals surface area contributed by atoms with E-state index in [2.05, 4.69) is 10.2 Å². The van der Waals surface area contributed by atoms with Crippen molar-refractivity contribution < 1.29 is 16.8 Å². The van der Waals surface area contributed by atoms with Crippen LogP contribution in [0.1, 0.15) is 38.8 Å². The Bertz CT molecular complexity index is 1070. The third kappa shape index (κ3) is 6.10. The van der Waals surface area contributed by atoms with E-state index < -0.39 is 20.0 Å². The molecular formula is C22H30N4O4S2. The van der Waals surface area contributed by atoms with Crippen LogP contribution in [0.15, 0.2) is 68.5 Å². The Balaban J connectivity index is 2.20. The summed E-state index contributed by atoms with van der Waals surface area (Å²) >= 11 is 0. The van der Waals surface area contributed by atoms with Crippen LogP contribution in [0.2, 0.25) is 0 Å². The molecule has 0 aliphatic heterocycles. The Hall–Kier alpha value is -2.40. The van der Waals surface area contributed by atoms with Gasteiger partial charge in [-0.05, 0) is 35.4 Å². The number of hydrogen-bond donors (Lipinski definition) is 0. The highest BCUT2D eigenvalue weighted by Gasteiger charge is 2.22. The molecule has 0 N–H and O–H groups in total. The van der Waals surface area contributed by atoms with Crippen LogP contribution in [0.3, 0.4) is 0 Å². The first-order valence-electron chi connectivity index (χ1n) is 10.5. The molecule has 0 unspecified atom stereocenters. The number of sulfonamides is 2. The van der Waals surface area contributed by atoms with Gasteiger partial charge in [0.2, 0.25) is 20.0 Å². The first-order chi connectivity index (χ1) is 15.2. The minimum absolute atomic E-state index is 0.198. The maximum absolute atomic E-state index is 12.7. The van der Waals surface area contributed by atoms with Crippen molar-refractivity contribution in [1.29, 1.82) is 0 Å². The summed E-state index contributed by atoms with van der Waals surface area (Å²) in [5.41, 5.74) is 1.18. The minimum Gasteiger partial charge on any atom is -0.207 e. The minimum atomic E-state index is -3.56. The number of nitrogens with zero attached hydrogens (tertiary/aromatic N) is 4. The summed E-state index contributed by atoms with van der Waals surface area (Å²) in [5, 5.41) is 7.96. The molecule has 0 atom stereocenters. The van der Waals surface area contributed by atoms with E-state index in [-0.39, 0.29) is 9.79 Å². The summed E-state index contributed by atoms with van der Waals surface area (Å²) in [6.45, 7) is 8.75. The van der Waals surface area contributed by atoms with Gasteiger partial charge in [-0.2, -0.15) is 18.8 Å². The Labute approximate surface area is 191 Å². The molecule has 0 saturated carbocycles. The zero-order valence-electron chi connectivity index (χ0n) is 18.8. The molecule has 0 bridgehead atoms. The Morgan fingerprint density at radius 3 is 1.31 bits per heavy atom. The fraction of sp³-hybridized carbons (Fsp3) is 0.364. The Kier molecular flexibility index (Phi) is 9.26. The van der Waals surface area contributed by atoms with Crippen molar-refractivity contribution in [1.82, 2.24) is 8.61 Å². The normalized spacial score (nSPS) is 13.1. The lowest BCUT2D eigenvalue weighted by atomic mass is 10.2. The lowest BCUT2D eigenvalue weighted by Crippen LogP contribution is -2.30. The molecule has 0 amide bonds. The van der Waals surface area contributed by atoms with Gasteiger partial charge in [-0.25, -0.2) is 16.8 Å². The van der Waals surface area contributed by atoms with Crippen molar-refractivity contribution in [3.8, 4) is 0 Å². The summed E-state index contributed by atoms with van der Waals surface area (Å²) in [7, 11) is -7.11. The number of rotatable bonds is 11. The van der Waals surface area contributed by atoms with Gasteiger partial charge in [0.05, 0.1) is 22.2 Å². The fourth-order valence-electron chi connectivity index (χ4n) is 3.14. The average molecular weight is 479 g/mol. The summed E-state index contributed by atoms with van der Waals surface area (Å²) in [6, 6.07) is 13.0. The van der Waals surface area contributed by atoms with E-state index in [0.29, 0.717) is 37.3 Å². The van der Waals surface area contributed by atoms with Gasteiger partial charge in [0.1, 0.15) is 0 Å². The highest BCUT2D eigenvalue weighted by molar-refractivity contribution is 7.89. The summed E-state index contributed by atoms with van der Waals surface area (Å²) < 4.78 is 53.4. The highest BCUT2D eigenvalue weighted by Crippen LogP contribution is 2.17. The fourth-order valence-corrected chi connectivity index (χ4v) is 6.16. The summed E-state index contributed by atoms with van der Waals surface area (Å²) in [5.74, 6) is 0. The summed E-state index contributed by atoms with van der Waals surface area (Å²) in [4.78, 5) is 0.395. The van der Waals surface area contributed by atoms with Crippen LogP contribution >= 0.6 is 0 Å². The maximum atomic E-state index is 12.7. The van der Waals surface area contributed by atoms with Gasteiger partial charge in [-0.3, -0.25) is 0 Å². The largest absolute Gasteiger partial charge is 0.243 e. The second-order valence-electron chi connectivity index (χ2n) is 6.81. The Morgan fingerprint density at radius 1 is 0.656 bits per heavy atom. The first-order valence-corrected chi connectivity index (χ1v) is 13.4. The van der Waals surface area contributed by atoms with Crippen molar-refractivity contribution in [2.45, 2.75) is 37.5 Å². The predicted molar refractivity (Wildman–Crippen MR) is 128 cm³/mol. The molecule has 0 radical (unpaired) electrons. The van der Waals surface area contributed by atoms with Gasteiger partial charge >= 0.3 is 0 Å². The van der Waals surface area contributed by atoms with E-state index in [4.69, 9.17) is 0 Å². The van der Waals surface area contributed by atoms with E-state index in [1.165, 1.54) is 21.0 Å². The van der Waals surface area contributed by atoms with Crippen LogP contribution in [0.5, 0.6) is 0 Å². The van der Waals surface area contributed by atoms with Crippen LogP contribution < -0.4 is 0 Å². The van der Waals surface area contributed by atoms with Crippen molar-refractivity contribution in [3.63, 3.8) is 0 Å². The van der Waals surface area contributed by atoms with E-state index in [9.17, 15) is 16.8 Å². The molecule has 8 nitrogen and oxygen atoms in total. The van der Waals surface area contributed by atoms with E-state index in [0.717, 1.165) is 0 Å². The average Bonchev–Trinajstić information content (AvgIpc) is 2.78. The second-order valence-corrected chi connectivity index (χ2v) is 10.7. The first kappa shape index (κ1) is 25.9. The van der Waals surface area contributed by atoms with Crippen molar-refractivity contribution in [3.05, 3.63) is 59.7 Å². The van der Waals surface area contributed by atoms with Gasteiger partial charge in [-0.1, -0.05) is 52.0 Å². The van der Waals surface area contributed by atoms with Gasteiger partial charge in [0.25, 0.3) is 0 Å². The molecule has 10 heteroatoms. The molecule has 0 saturated heterocycles. The second kappa shape index (κ2) is 11.5. The van der Waals surface area contributed by atoms with Crippen molar-refractivity contribution in [2.24, 2.45) is 10.2 Å². The quantitative estimate of drug-likeness (QED) is 0.366. The standard InChI is InChI=1S/C22H30N4O4S2/c1-5-25(6-2)31(27,28)21-13-9-11-19(15-21)17-23-24-18-20-12-10-14-22(16-20)32(29,30)26(7-3)8-4/h9-18H,5-8H2,1-4H3/b23-17-,24-18-. The molecule has 0 aliphatic carbocycles. The molecule has 0 spiro atoms. The van der Waals surface area contributed by atoms with Gasteiger partial charge < -0.3 is 0 Å².